The Morgan fingerprint density at radius 2 is 2.04 bits per heavy atom. The first kappa shape index (κ1) is 16.0. The summed E-state index contributed by atoms with van der Waals surface area (Å²) in [6, 6.07) is 12.0. The zero-order valence-corrected chi connectivity index (χ0v) is 13.4. The monoisotopic (exact) mass is 339 g/mol. The van der Waals surface area contributed by atoms with Crippen molar-refractivity contribution in [2.75, 3.05) is 11.4 Å². The Bertz CT molecular complexity index is 874. The second-order valence-corrected chi connectivity index (χ2v) is 5.55. The van der Waals surface area contributed by atoms with Crippen molar-refractivity contribution in [3.05, 3.63) is 71.3 Å². The molecule has 0 saturated heterocycles. The normalized spacial score (nSPS) is 15.3. The standard InChI is InChI=1S/C18H14ClN3O2/c1-2-9-22-15-6-4-3-5-14(15)17(18(22)24)21-20-11-12-10-13(19)7-8-16(12)23/h2-8,10-11,23H,1,9H2/b20-11+,21-17-. The average Bonchev–Trinajstić information content (AvgIpc) is 2.84. The highest BCUT2D eigenvalue weighted by molar-refractivity contribution is 6.54. The number of rotatable bonds is 4. The third-order valence-corrected chi connectivity index (χ3v) is 3.79. The number of phenols is 1. The van der Waals surface area contributed by atoms with Crippen molar-refractivity contribution in [2.45, 2.75) is 0 Å². The quantitative estimate of drug-likeness (QED) is 0.527. The van der Waals surface area contributed by atoms with Gasteiger partial charge in [0.1, 0.15) is 5.75 Å². The number of fused-ring (bicyclic) bond motifs is 1. The molecule has 2 aromatic rings. The molecule has 6 heteroatoms. The van der Waals surface area contributed by atoms with E-state index in [2.05, 4.69) is 16.8 Å². The van der Waals surface area contributed by atoms with Crippen LogP contribution < -0.4 is 4.90 Å². The molecule has 0 saturated carbocycles. The molecule has 5 nitrogen and oxygen atoms in total. The lowest BCUT2D eigenvalue weighted by Gasteiger charge is -2.13. The van der Waals surface area contributed by atoms with Crippen LogP contribution in [0.2, 0.25) is 5.02 Å². The minimum atomic E-state index is -0.233. The van der Waals surface area contributed by atoms with Gasteiger partial charge in [0.05, 0.1) is 11.9 Å². The van der Waals surface area contributed by atoms with Gasteiger partial charge in [-0.05, 0) is 24.3 Å². The molecule has 2 aromatic carbocycles. The third kappa shape index (κ3) is 2.94. The number of amides is 1. The van der Waals surface area contributed by atoms with Gasteiger partial charge in [0, 0.05) is 22.7 Å². The molecule has 0 bridgehead atoms. The van der Waals surface area contributed by atoms with Gasteiger partial charge in [-0.2, -0.15) is 5.10 Å². The number of phenolic OH excluding ortho intramolecular Hbond substituents is 1. The number of carbonyl (C=O) groups excluding carboxylic acids is 1. The zero-order valence-electron chi connectivity index (χ0n) is 12.7. The van der Waals surface area contributed by atoms with E-state index in [0.29, 0.717) is 17.1 Å². The average molecular weight is 340 g/mol. The fourth-order valence-electron chi connectivity index (χ4n) is 2.45. The van der Waals surface area contributed by atoms with Gasteiger partial charge >= 0.3 is 0 Å². The maximum Gasteiger partial charge on any atom is 0.279 e. The molecule has 1 aliphatic rings. The number of nitrogens with zero attached hydrogens (tertiary/aromatic N) is 3. The summed E-state index contributed by atoms with van der Waals surface area (Å²) < 4.78 is 0. The lowest BCUT2D eigenvalue weighted by Crippen LogP contribution is -2.30. The second-order valence-electron chi connectivity index (χ2n) is 5.12. The summed E-state index contributed by atoms with van der Waals surface area (Å²) >= 11 is 5.89. The van der Waals surface area contributed by atoms with E-state index in [1.807, 2.05) is 24.3 Å². The minimum absolute atomic E-state index is 0.0368. The highest BCUT2D eigenvalue weighted by atomic mass is 35.5. The number of hydrogen-bond acceptors (Lipinski definition) is 4. The topological polar surface area (TPSA) is 65.3 Å². The number of hydrogen-bond donors (Lipinski definition) is 1. The molecule has 1 N–H and O–H groups in total. The fraction of sp³-hybridized carbons (Fsp3) is 0.0556. The van der Waals surface area contributed by atoms with Crippen LogP contribution in [-0.4, -0.2) is 29.5 Å². The Labute approximate surface area is 144 Å². The summed E-state index contributed by atoms with van der Waals surface area (Å²) in [5, 5.41) is 18.2. The van der Waals surface area contributed by atoms with E-state index in [9.17, 15) is 9.90 Å². The van der Waals surface area contributed by atoms with Crippen molar-refractivity contribution in [1.29, 1.82) is 0 Å². The summed E-state index contributed by atoms with van der Waals surface area (Å²) in [6.45, 7) is 4.07. The van der Waals surface area contributed by atoms with Crippen LogP contribution in [0.15, 0.2) is 65.3 Å². The Balaban J connectivity index is 1.95. The van der Waals surface area contributed by atoms with Gasteiger partial charge in [-0.3, -0.25) is 4.79 Å². The molecule has 120 valence electrons. The van der Waals surface area contributed by atoms with Crippen molar-refractivity contribution < 1.29 is 9.90 Å². The Morgan fingerprint density at radius 1 is 1.25 bits per heavy atom. The maximum atomic E-state index is 12.5. The first-order chi connectivity index (χ1) is 11.6. The SMILES string of the molecule is C=CCN1C(=O)/C(=N\N=C\c2cc(Cl)ccc2O)c2ccccc21. The number of para-hydroxylation sites is 1. The summed E-state index contributed by atoms with van der Waals surface area (Å²) in [7, 11) is 0. The van der Waals surface area contributed by atoms with Gasteiger partial charge in [-0.1, -0.05) is 35.9 Å². The van der Waals surface area contributed by atoms with Gasteiger partial charge in [0.25, 0.3) is 5.91 Å². The molecular weight excluding hydrogens is 326 g/mol. The van der Waals surface area contributed by atoms with Crippen molar-refractivity contribution in [3.63, 3.8) is 0 Å². The molecule has 0 atom stereocenters. The van der Waals surface area contributed by atoms with E-state index in [1.54, 1.807) is 23.1 Å². The maximum absolute atomic E-state index is 12.5. The highest BCUT2D eigenvalue weighted by Gasteiger charge is 2.32. The molecule has 0 aromatic heterocycles. The van der Waals surface area contributed by atoms with Crippen molar-refractivity contribution in [3.8, 4) is 5.75 Å². The molecule has 24 heavy (non-hydrogen) atoms. The van der Waals surface area contributed by atoms with Gasteiger partial charge in [0.15, 0.2) is 5.71 Å². The zero-order chi connectivity index (χ0) is 17.1. The molecule has 0 fully saturated rings. The molecule has 1 heterocycles. The Hall–Kier alpha value is -2.92. The lowest BCUT2D eigenvalue weighted by atomic mass is 10.1. The summed E-state index contributed by atoms with van der Waals surface area (Å²) in [6.07, 6.45) is 3.02. The van der Waals surface area contributed by atoms with Gasteiger partial charge in [-0.15, -0.1) is 11.7 Å². The van der Waals surface area contributed by atoms with Crippen LogP contribution in [0.1, 0.15) is 11.1 Å². The molecule has 3 rings (SSSR count). The van der Waals surface area contributed by atoms with Crippen molar-refractivity contribution in [1.82, 2.24) is 0 Å². The highest BCUT2D eigenvalue weighted by Crippen LogP contribution is 2.29. The first-order valence-electron chi connectivity index (χ1n) is 7.23. The first-order valence-corrected chi connectivity index (χ1v) is 7.61. The lowest BCUT2D eigenvalue weighted by molar-refractivity contribution is -0.112. The molecule has 1 amide bonds. The smallest absolute Gasteiger partial charge is 0.279 e. The molecule has 1 aliphatic heterocycles. The van der Waals surface area contributed by atoms with Crippen LogP contribution >= 0.6 is 11.6 Å². The predicted octanol–water partition coefficient (Wildman–Crippen LogP) is 3.40. The van der Waals surface area contributed by atoms with Gasteiger partial charge in [-0.25, -0.2) is 0 Å². The van der Waals surface area contributed by atoms with Crippen LogP contribution in [0, 0.1) is 0 Å². The summed E-state index contributed by atoms with van der Waals surface area (Å²) in [5.41, 5.74) is 2.18. The second kappa shape index (κ2) is 6.68. The Kier molecular flexibility index (Phi) is 4.44. The van der Waals surface area contributed by atoms with E-state index >= 15 is 0 Å². The molecule has 0 aliphatic carbocycles. The van der Waals surface area contributed by atoms with E-state index < -0.39 is 0 Å². The van der Waals surface area contributed by atoms with Crippen LogP contribution in [0.4, 0.5) is 5.69 Å². The van der Waals surface area contributed by atoms with Crippen LogP contribution in [0.3, 0.4) is 0 Å². The number of benzene rings is 2. The van der Waals surface area contributed by atoms with Crippen LogP contribution in [0.25, 0.3) is 0 Å². The van der Waals surface area contributed by atoms with Crippen molar-refractivity contribution >= 4 is 35.1 Å². The molecule has 0 unspecified atom stereocenters. The van der Waals surface area contributed by atoms with E-state index in [1.165, 1.54) is 12.3 Å². The number of carbonyl (C=O) groups is 1. The van der Waals surface area contributed by atoms with E-state index in [4.69, 9.17) is 11.6 Å². The molecule has 0 spiro atoms. The van der Waals surface area contributed by atoms with Crippen molar-refractivity contribution in [2.24, 2.45) is 10.2 Å². The Morgan fingerprint density at radius 3 is 2.83 bits per heavy atom. The van der Waals surface area contributed by atoms with Crippen LogP contribution in [0.5, 0.6) is 5.75 Å². The summed E-state index contributed by atoms with van der Waals surface area (Å²) in [4.78, 5) is 14.1. The number of anilines is 1. The third-order valence-electron chi connectivity index (χ3n) is 3.55. The van der Waals surface area contributed by atoms with Gasteiger partial charge in [0.2, 0.25) is 0 Å². The fourth-order valence-corrected chi connectivity index (χ4v) is 2.63. The van der Waals surface area contributed by atoms with E-state index in [0.717, 1.165) is 11.3 Å². The van der Waals surface area contributed by atoms with Crippen LogP contribution in [-0.2, 0) is 4.79 Å². The predicted molar refractivity (Wildman–Crippen MR) is 96.2 cm³/mol. The summed E-state index contributed by atoms with van der Waals surface area (Å²) in [5.74, 6) is -0.196. The van der Waals surface area contributed by atoms with E-state index in [-0.39, 0.29) is 17.4 Å². The van der Waals surface area contributed by atoms with Gasteiger partial charge < -0.3 is 10.0 Å². The molecular formula is C18H14ClN3O2. The number of halogens is 1. The minimum Gasteiger partial charge on any atom is -0.507 e. The number of aromatic hydroxyl groups is 1. The molecule has 0 radical (unpaired) electrons. The largest absolute Gasteiger partial charge is 0.507 e.